The number of ether oxygens (including phenoxy) is 1. The molecule has 0 aliphatic carbocycles. The van der Waals surface area contributed by atoms with Crippen molar-refractivity contribution in [3.05, 3.63) is 0 Å². The van der Waals surface area contributed by atoms with Crippen LogP contribution < -0.4 is 0 Å². The molecule has 0 aromatic heterocycles. The van der Waals surface area contributed by atoms with Gasteiger partial charge in [-0.2, -0.15) is 0 Å². The molecule has 6 nitrogen and oxygen atoms in total. The summed E-state index contributed by atoms with van der Waals surface area (Å²) in [5.41, 5.74) is -1.43. The Morgan fingerprint density at radius 2 is 1.72 bits per heavy atom. The van der Waals surface area contributed by atoms with Crippen LogP contribution in [-0.4, -0.2) is 55.7 Å². The van der Waals surface area contributed by atoms with E-state index in [9.17, 15) is 14.7 Å². The Morgan fingerprint density at radius 3 is 2.08 bits per heavy atom. The number of amides is 1. The number of hydrogen-bond acceptors (Lipinski definition) is 4. The van der Waals surface area contributed by atoms with E-state index in [2.05, 4.69) is 33.9 Å². The summed E-state index contributed by atoms with van der Waals surface area (Å²) >= 11 is 0. The minimum Gasteiger partial charge on any atom is -0.469 e. The summed E-state index contributed by atoms with van der Waals surface area (Å²) in [6.45, 7) is 17.1. The molecule has 0 aromatic rings. The fourth-order valence-electron chi connectivity index (χ4n) is 3.47. The van der Waals surface area contributed by atoms with Crippen LogP contribution in [0.2, 0.25) is 18.1 Å². The van der Waals surface area contributed by atoms with E-state index in [1.807, 2.05) is 20.8 Å². The van der Waals surface area contributed by atoms with Crippen molar-refractivity contribution in [2.75, 3.05) is 13.7 Å². The third-order valence-electron chi connectivity index (χ3n) is 6.04. The van der Waals surface area contributed by atoms with Crippen molar-refractivity contribution in [1.29, 1.82) is 0 Å². The first-order chi connectivity index (χ1) is 11.1. The molecule has 0 bridgehead atoms. The van der Waals surface area contributed by atoms with Crippen LogP contribution in [0.5, 0.6) is 0 Å². The quantitative estimate of drug-likeness (QED) is 0.593. The second kappa shape index (κ2) is 6.91. The Kier molecular flexibility index (Phi) is 6.07. The van der Waals surface area contributed by atoms with E-state index in [1.54, 1.807) is 0 Å². The van der Waals surface area contributed by atoms with Crippen molar-refractivity contribution in [2.45, 2.75) is 84.2 Å². The first-order valence-electron chi connectivity index (χ1n) is 8.85. The molecule has 0 saturated carbocycles. The smallest absolute Gasteiger partial charge is 0.407 e. The zero-order valence-corrected chi connectivity index (χ0v) is 18.2. The summed E-state index contributed by atoms with van der Waals surface area (Å²) in [7, 11) is -0.799. The number of carbonyl (C=O) groups is 2. The third kappa shape index (κ3) is 4.02. The van der Waals surface area contributed by atoms with Gasteiger partial charge >= 0.3 is 12.1 Å². The number of methoxy groups -OCH3 is 1. The molecule has 1 aliphatic heterocycles. The van der Waals surface area contributed by atoms with Crippen molar-refractivity contribution in [1.82, 2.24) is 4.90 Å². The van der Waals surface area contributed by atoms with Crippen molar-refractivity contribution in [3.63, 3.8) is 0 Å². The van der Waals surface area contributed by atoms with E-state index >= 15 is 0 Å². The van der Waals surface area contributed by atoms with Crippen LogP contribution >= 0.6 is 0 Å². The number of hydrogen-bond donors (Lipinski definition) is 1. The van der Waals surface area contributed by atoms with Gasteiger partial charge in [-0.1, -0.05) is 41.5 Å². The number of nitrogens with zero attached hydrogens (tertiary/aromatic N) is 1. The lowest BCUT2D eigenvalue weighted by Crippen LogP contribution is -2.64. The van der Waals surface area contributed by atoms with Gasteiger partial charge in [-0.3, -0.25) is 9.69 Å². The molecule has 2 atom stereocenters. The lowest BCUT2D eigenvalue weighted by atomic mass is 9.68. The lowest BCUT2D eigenvalue weighted by molar-refractivity contribution is -0.148. The van der Waals surface area contributed by atoms with Crippen molar-refractivity contribution >= 4 is 20.4 Å². The van der Waals surface area contributed by atoms with Crippen LogP contribution in [0.15, 0.2) is 0 Å². The Bertz CT molecular complexity index is 521. The van der Waals surface area contributed by atoms with Gasteiger partial charge in [-0.25, -0.2) is 4.79 Å². The summed E-state index contributed by atoms with van der Waals surface area (Å²) in [6, 6.07) is 0. The standard InChI is InChI=1S/C18H35NO5Si/c1-16(2,3)18(12-14(20)23-7)13(10-11-19(18)15(21)22)24-25(8,9)17(4,5)6/h13H,10-12H2,1-9H3,(H,21,22). The maximum atomic E-state index is 12.2. The Hall–Kier alpha value is -1.08. The molecule has 146 valence electrons. The van der Waals surface area contributed by atoms with E-state index < -0.39 is 31.3 Å². The van der Waals surface area contributed by atoms with Gasteiger partial charge in [-0.05, 0) is 30.0 Å². The molecular formula is C18H35NO5Si. The van der Waals surface area contributed by atoms with Crippen molar-refractivity contribution < 1.29 is 23.9 Å². The molecule has 1 saturated heterocycles. The number of likely N-dealkylation sites (tertiary alicyclic amines) is 1. The highest BCUT2D eigenvalue weighted by atomic mass is 28.4. The fourth-order valence-corrected chi connectivity index (χ4v) is 4.85. The van der Waals surface area contributed by atoms with Gasteiger partial charge in [0.25, 0.3) is 0 Å². The number of esters is 1. The zero-order chi connectivity index (χ0) is 19.8. The maximum Gasteiger partial charge on any atom is 0.407 e. The third-order valence-corrected chi connectivity index (χ3v) is 10.5. The molecule has 0 radical (unpaired) electrons. The average Bonchev–Trinajstić information content (AvgIpc) is 2.76. The van der Waals surface area contributed by atoms with Crippen molar-refractivity contribution in [3.8, 4) is 0 Å². The number of rotatable bonds is 4. The predicted octanol–water partition coefficient (Wildman–Crippen LogP) is 4.11. The monoisotopic (exact) mass is 373 g/mol. The maximum absolute atomic E-state index is 12.2. The minimum atomic E-state index is -2.13. The minimum absolute atomic E-state index is 0.00140. The number of carboxylic acid groups (broad SMARTS) is 1. The topological polar surface area (TPSA) is 76.1 Å². The van der Waals surface area contributed by atoms with Crippen LogP contribution in [0.25, 0.3) is 0 Å². The van der Waals surface area contributed by atoms with Crippen LogP contribution in [0.4, 0.5) is 4.79 Å². The van der Waals surface area contributed by atoms with Crippen LogP contribution in [0.1, 0.15) is 54.4 Å². The highest BCUT2D eigenvalue weighted by Crippen LogP contribution is 2.50. The second-order valence-electron chi connectivity index (χ2n) is 9.52. The SMILES string of the molecule is COC(=O)CC1(C(C)(C)C)C(O[Si](C)(C)C(C)(C)C)CCN1C(=O)O. The zero-order valence-electron chi connectivity index (χ0n) is 17.2. The van der Waals surface area contributed by atoms with Gasteiger partial charge in [0.15, 0.2) is 8.32 Å². The van der Waals surface area contributed by atoms with Crippen LogP contribution in [-0.2, 0) is 14.0 Å². The Morgan fingerprint density at radius 1 is 1.20 bits per heavy atom. The molecule has 1 heterocycles. The van der Waals surface area contributed by atoms with Gasteiger partial charge in [0.05, 0.1) is 25.2 Å². The number of carbonyl (C=O) groups excluding carboxylic acids is 1. The molecule has 1 rings (SSSR count). The van der Waals surface area contributed by atoms with Crippen LogP contribution in [0.3, 0.4) is 0 Å². The van der Waals surface area contributed by atoms with E-state index in [-0.39, 0.29) is 17.6 Å². The fraction of sp³-hybridized carbons (Fsp3) is 0.889. The molecule has 0 aromatic carbocycles. The molecule has 25 heavy (non-hydrogen) atoms. The van der Waals surface area contributed by atoms with Gasteiger partial charge in [0.2, 0.25) is 0 Å². The van der Waals surface area contributed by atoms with Crippen molar-refractivity contribution in [2.24, 2.45) is 5.41 Å². The second-order valence-corrected chi connectivity index (χ2v) is 14.3. The predicted molar refractivity (Wildman–Crippen MR) is 100 cm³/mol. The Balaban J connectivity index is 3.44. The van der Waals surface area contributed by atoms with Gasteiger partial charge in [0.1, 0.15) is 0 Å². The average molecular weight is 374 g/mol. The van der Waals surface area contributed by atoms with Gasteiger partial charge in [-0.15, -0.1) is 0 Å². The molecule has 1 aliphatic rings. The highest BCUT2D eigenvalue weighted by molar-refractivity contribution is 6.74. The van der Waals surface area contributed by atoms with E-state index in [4.69, 9.17) is 9.16 Å². The molecule has 2 unspecified atom stereocenters. The molecule has 1 fully saturated rings. The highest BCUT2D eigenvalue weighted by Gasteiger charge is 2.61. The lowest BCUT2D eigenvalue weighted by Gasteiger charge is -2.52. The van der Waals surface area contributed by atoms with Crippen LogP contribution in [0, 0.1) is 5.41 Å². The van der Waals surface area contributed by atoms with E-state index in [0.717, 1.165) is 0 Å². The van der Waals surface area contributed by atoms with Gasteiger partial charge < -0.3 is 14.3 Å². The van der Waals surface area contributed by atoms with E-state index in [0.29, 0.717) is 13.0 Å². The van der Waals surface area contributed by atoms with Gasteiger partial charge in [0, 0.05) is 6.54 Å². The molecular weight excluding hydrogens is 338 g/mol. The summed E-state index contributed by atoms with van der Waals surface area (Å²) in [5, 5.41) is 9.80. The summed E-state index contributed by atoms with van der Waals surface area (Å²) < 4.78 is 11.6. The molecule has 1 N–H and O–H groups in total. The molecule has 0 spiro atoms. The summed E-state index contributed by atoms with van der Waals surface area (Å²) in [6.07, 6.45) is -0.755. The first kappa shape index (κ1) is 22.0. The first-order valence-corrected chi connectivity index (χ1v) is 11.8. The normalized spacial score (nSPS) is 25.2. The van der Waals surface area contributed by atoms with E-state index in [1.165, 1.54) is 12.0 Å². The summed E-state index contributed by atoms with van der Waals surface area (Å²) in [4.78, 5) is 25.6. The summed E-state index contributed by atoms with van der Waals surface area (Å²) in [5.74, 6) is -0.410. The largest absolute Gasteiger partial charge is 0.469 e. The molecule has 1 amide bonds. The molecule has 7 heteroatoms. The Labute approximate surface area is 153 Å².